The Bertz CT molecular complexity index is 2440. The van der Waals surface area contributed by atoms with Crippen molar-refractivity contribution in [2.75, 3.05) is 0 Å². The van der Waals surface area contributed by atoms with E-state index in [1.165, 1.54) is 82.1 Å². The summed E-state index contributed by atoms with van der Waals surface area (Å²) in [4.78, 5) is 0. The van der Waals surface area contributed by atoms with E-state index in [4.69, 9.17) is 0 Å². The fraction of sp³-hybridized carbons (Fsp3) is 0. The molecule has 9 aromatic rings. The molecular weight excluding hydrogens is 518 g/mol. The average molecular weight is 546 g/mol. The van der Waals surface area contributed by atoms with E-state index in [9.17, 15) is 0 Å². The lowest BCUT2D eigenvalue weighted by Crippen LogP contribution is -1.92. The Kier molecular flexibility index (Phi) is 5.27. The second kappa shape index (κ2) is 9.44. The van der Waals surface area contributed by atoms with Crippen molar-refractivity contribution in [2.24, 2.45) is 0 Å². The van der Waals surface area contributed by atoms with Gasteiger partial charge in [0.1, 0.15) is 0 Å². The molecule has 0 spiro atoms. The van der Waals surface area contributed by atoms with Gasteiger partial charge in [0.25, 0.3) is 0 Å². The van der Waals surface area contributed by atoms with Gasteiger partial charge in [0.15, 0.2) is 0 Å². The molecule has 0 saturated heterocycles. The third-order valence-corrected chi connectivity index (χ3v) is 8.98. The monoisotopic (exact) mass is 545 g/mol. The number of nitrogens with zero attached hydrogens (tertiary/aromatic N) is 1. The normalized spacial score (nSPS) is 11.7. The predicted molar refractivity (Wildman–Crippen MR) is 184 cm³/mol. The molecule has 1 nitrogen and oxygen atoms in total. The van der Waals surface area contributed by atoms with Gasteiger partial charge >= 0.3 is 0 Å². The van der Waals surface area contributed by atoms with Crippen molar-refractivity contribution in [3.05, 3.63) is 164 Å². The van der Waals surface area contributed by atoms with Crippen molar-refractivity contribution >= 4 is 54.1 Å². The van der Waals surface area contributed by atoms with Gasteiger partial charge in [-0.15, -0.1) is 0 Å². The minimum Gasteiger partial charge on any atom is -0.309 e. The fourth-order valence-electron chi connectivity index (χ4n) is 7.05. The second-order valence-corrected chi connectivity index (χ2v) is 11.3. The van der Waals surface area contributed by atoms with E-state index < -0.39 is 0 Å². The van der Waals surface area contributed by atoms with Gasteiger partial charge in [-0.25, -0.2) is 0 Å². The maximum atomic E-state index is 2.37. The highest BCUT2D eigenvalue weighted by atomic mass is 15.0. The first-order chi connectivity index (χ1) is 21.3. The smallest absolute Gasteiger partial charge is 0.0541 e. The van der Waals surface area contributed by atoms with Gasteiger partial charge in [-0.3, -0.25) is 0 Å². The number of benzene rings is 8. The van der Waals surface area contributed by atoms with Gasteiger partial charge < -0.3 is 4.57 Å². The quantitative estimate of drug-likeness (QED) is 0.195. The summed E-state index contributed by atoms with van der Waals surface area (Å²) in [5.74, 6) is 0. The molecule has 0 radical (unpaired) electrons. The molecule has 0 saturated carbocycles. The molecular formula is C42H27N. The van der Waals surface area contributed by atoms with E-state index in [1.54, 1.807) is 0 Å². The van der Waals surface area contributed by atoms with E-state index in [0.717, 1.165) is 0 Å². The van der Waals surface area contributed by atoms with Crippen LogP contribution in [0.1, 0.15) is 0 Å². The zero-order valence-corrected chi connectivity index (χ0v) is 23.5. The molecule has 43 heavy (non-hydrogen) atoms. The topological polar surface area (TPSA) is 4.93 Å². The summed E-state index contributed by atoms with van der Waals surface area (Å²) in [7, 11) is 0. The SMILES string of the molecule is c1ccc(-n2c3ccccc3c3cc(-c4ccc(-c5cccc6c7ccccc7c7ccccc7c56)cc4)ccc32)cc1. The number of hydrogen-bond donors (Lipinski definition) is 0. The molecule has 1 heterocycles. The molecule has 200 valence electrons. The van der Waals surface area contributed by atoms with Gasteiger partial charge in [0.05, 0.1) is 11.0 Å². The van der Waals surface area contributed by atoms with Crippen molar-refractivity contribution in [1.82, 2.24) is 4.57 Å². The van der Waals surface area contributed by atoms with Crippen LogP contribution in [-0.4, -0.2) is 4.57 Å². The average Bonchev–Trinajstić information content (AvgIpc) is 3.42. The van der Waals surface area contributed by atoms with Gasteiger partial charge in [-0.05, 0) is 84.9 Å². The molecule has 0 aliphatic carbocycles. The summed E-state index contributed by atoms with van der Waals surface area (Å²) in [5.41, 5.74) is 8.58. The Morgan fingerprint density at radius 2 is 0.814 bits per heavy atom. The van der Waals surface area contributed by atoms with Gasteiger partial charge in [-0.2, -0.15) is 0 Å². The first kappa shape index (κ1) is 24.0. The summed E-state index contributed by atoms with van der Waals surface area (Å²) in [6.45, 7) is 0. The summed E-state index contributed by atoms with van der Waals surface area (Å²) in [5, 5.41) is 10.4. The van der Waals surface area contributed by atoms with Gasteiger partial charge in [-0.1, -0.05) is 133 Å². The van der Waals surface area contributed by atoms with Crippen LogP contribution in [0.15, 0.2) is 164 Å². The summed E-state index contributed by atoms with van der Waals surface area (Å²) in [6.07, 6.45) is 0. The van der Waals surface area contributed by atoms with Crippen LogP contribution in [-0.2, 0) is 0 Å². The van der Waals surface area contributed by atoms with E-state index in [-0.39, 0.29) is 0 Å². The minimum atomic E-state index is 1.18. The van der Waals surface area contributed by atoms with Crippen molar-refractivity contribution in [1.29, 1.82) is 0 Å². The van der Waals surface area contributed by atoms with Crippen LogP contribution in [0.5, 0.6) is 0 Å². The largest absolute Gasteiger partial charge is 0.309 e. The zero-order valence-electron chi connectivity index (χ0n) is 23.5. The van der Waals surface area contributed by atoms with Crippen LogP contribution in [0.3, 0.4) is 0 Å². The molecule has 1 heteroatoms. The lowest BCUT2D eigenvalue weighted by atomic mass is 9.89. The Hall–Kier alpha value is -5.66. The summed E-state index contributed by atoms with van der Waals surface area (Å²) in [6, 6.07) is 59.7. The molecule has 0 N–H and O–H groups in total. The molecule has 0 bridgehead atoms. The molecule has 9 rings (SSSR count). The third-order valence-electron chi connectivity index (χ3n) is 8.98. The minimum absolute atomic E-state index is 1.18. The lowest BCUT2D eigenvalue weighted by Gasteiger charge is -2.14. The molecule has 0 amide bonds. The van der Waals surface area contributed by atoms with Crippen LogP contribution in [0.25, 0.3) is 82.1 Å². The number of para-hydroxylation sites is 2. The molecule has 8 aromatic carbocycles. The number of rotatable bonds is 3. The van der Waals surface area contributed by atoms with Crippen molar-refractivity contribution in [3.63, 3.8) is 0 Å². The van der Waals surface area contributed by atoms with Crippen LogP contribution < -0.4 is 0 Å². The maximum Gasteiger partial charge on any atom is 0.0541 e. The highest BCUT2D eigenvalue weighted by Crippen LogP contribution is 2.41. The molecule has 1 aromatic heterocycles. The van der Waals surface area contributed by atoms with E-state index in [2.05, 4.69) is 168 Å². The number of aromatic nitrogens is 1. The van der Waals surface area contributed by atoms with Crippen LogP contribution >= 0.6 is 0 Å². The highest BCUT2D eigenvalue weighted by Gasteiger charge is 2.15. The molecule has 0 atom stereocenters. The Morgan fingerprint density at radius 1 is 0.302 bits per heavy atom. The maximum absolute atomic E-state index is 2.37. The molecule has 0 aliphatic heterocycles. The van der Waals surface area contributed by atoms with Crippen molar-refractivity contribution in [2.45, 2.75) is 0 Å². The first-order valence-electron chi connectivity index (χ1n) is 14.9. The molecule has 0 aliphatic rings. The van der Waals surface area contributed by atoms with Crippen molar-refractivity contribution in [3.8, 4) is 27.9 Å². The second-order valence-electron chi connectivity index (χ2n) is 11.3. The fourth-order valence-corrected chi connectivity index (χ4v) is 7.05. The standard InChI is InChI=1S/C42H27N/c1-2-11-31(12-3-1)43-40-20-9-8-16-36(40)39-27-30(25-26-41(39)43)28-21-23-29(24-22-28)32-18-10-19-38-35-14-5-4-13-33(35)34-15-6-7-17-37(34)42(32)38/h1-27H. The van der Waals surface area contributed by atoms with E-state index in [1.807, 2.05) is 0 Å². The molecule has 0 fully saturated rings. The number of hydrogen-bond acceptors (Lipinski definition) is 0. The summed E-state index contributed by atoms with van der Waals surface area (Å²) >= 11 is 0. The Morgan fingerprint density at radius 3 is 1.53 bits per heavy atom. The summed E-state index contributed by atoms with van der Waals surface area (Å²) < 4.78 is 2.37. The highest BCUT2D eigenvalue weighted by molar-refractivity contribution is 6.28. The lowest BCUT2D eigenvalue weighted by molar-refractivity contribution is 1.18. The first-order valence-corrected chi connectivity index (χ1v) is 14.9. The van der Waals surface area contributed by atoms with Crippen molar-refractivity contribution < 1.29 is 0 Å². The van der Waals surface area contributed by atoms with Gasteiger partial charge in [0.2, 0.25) is 0 Å². The third kappa shape index (κ3) is 3.65. The number of fused-ring (bicyclic) bond motifs is 9. The van der Waals surface area contributed by atoms with Gasteiger partial charge in [0, 0.05) is 16.5 Å². The molecule has 0 unspecified atom stereocenters. The Labute approximate surface area is 249 Å². The van der Waals surface area contributed by atoms with E-state index in [0.29, 0.717) is 0 Å². The zero-order chi connectivity index (χ0) is 28.3. The van der Waals surface area contributed by atoms with Crippen LogP contribution in [0, 0.1) is 0 Å². The van der Waals surface area contributed by atoms with Crippen LogP contribution in [0.4, 0.5) is 0 Å². The van der Waals surface area contributed by atoms with Crippen LogP contribution in [0.2, 0.25) is 0 Å². The predicted octanol–water partition coefficient (Wildman–Crippen LogP) is 11.6. The Balaban J connectivity index is 1.20. The van der Waals surface area contributed by atoms with E-state index >= 15 is 0 Å².